The molecule has 0 aliphatic carbocycles. The van der Waals surface area contributed by atoms with E-state index in [0.717, 1.165) is 30.4 Å². The van der Waals surface area contributed by atoms with Gasteiger partial charge in [0.05, 0.1) is 11.7 Å². The van der Waals surface area contributed by atoms with Gasteiger partial charge in [0.2, 0.25) is 0 Å². The number of alkyl halides is 3. The summed E-state index contributed by atoms with van der Waals surface area (Å²) in [6.45, 7) is 0. The van der Waals surface area contributed by atoms with Crippen LogP contribution in [0, 0.1) is 5.92 Å². The third-order valence-electron chi connectivity index (χ3n) is 3.23. The average Bonchev–Trinajstić information content (AvgIpc) is 2.38. The first-order valence-corrected chi connectivity index (χ1v) is 7.07. The van der Waals surface area contributed by atoms with Crippen LogP contribution in [0.4, 0.5) is 13.2 Å². The predicted molar refractivity (Wildman–Crippen MR) is 66.5 cm³/mol. The van der Waals surface area contributed by atoms with Gasteiger partial charge in [-0.25, -0.2) is 0 Å². The molecule has 1 saturated heterocycles. The molecular weight excluding hydrogens is 261 g/mol. The van der Waals surface area contributed by atoms with Crippen LogP contribution in [-0.4, -0.2) is 16.6 Å². The van der Waals surface area contributed by atoms with E-state index in [2.05, 4.69) is 0 Å². The van der Waals surface area contributed by atoms with Crippen LogP contribution in [0.3, 0.4) is 0 Å². The monoisotopic (exact) mass is 276 g/mol. The summed E-state index contributed by atoms with van der Waals surface area (Å²) in [7, 11) is 0. The maximum absolute atomic E-state index is 12.9. The second-order valence-corrected chi connectivity index (χ2v) is 5.66. The van der Waals surface area contributed by atoms with Crippen LogP contribution in [0.5, 0.6) is 0 Å². The number of aliphatic hydroxyl groups is 1. The molecule has 2 rings (SSSR count). The van der Waals surface area contributed by atoms with Crippen LogP contribution in [-0.2, 0) is 6.18 Å². The normalized spacial score (nSPS) is 22.8. The van der Waals surface area contributed by atoms with Crippen molar-refractivity contribution in [3.05, 3.63) is 35.4 Å². The summed E-state index contributed by atoms with van der Waals surface area (Å²) in [5.41, 5.74) is -0.703. The van der Waals surface area contributed by atoms with Crippen molar-refractivity contribution in [2.24, 2.45) is 5.92 Å². The van der Waals surface area contributed by atoms with Crippen LogP contribution in [0.2, 0.25) is 0 Å². The number of thioether (sulfide) groups is 1. The van der Waals surface area contributed by atoms with Gasteiger partial charge in [-0.15, -0.1) is 0 Å². The Hall–Kier alpha value is -0.680. The van der Waals surface area contributed by atoms with Gasteiger partial charge >= 0.3 is 6.18 Å². The Labute approximate surface area is 108 Å². The lowest BCUT2D eigenvalue weighted by Crippen LogP contribution is -2.22. The molecule has 1 aliphatic rings. The zero-order valence-electron chi connectivity index (χ0n) is 9.78. The van der Waals surface area contributed by atoms with Crippen LogP contribution in [0.1, 0.15) is 30.1 Å². The fourth-order valence-electron chi connectivity index (χ4n) is 2.28. The fourth-order valence-corrected chi connectivity index (χ4v) is 3.47. The minimum atomic E-state index is -4.40. The summed E-state index contributed by atoms with van der Waals surface area (Å²) < 4.78 is 38.6. The van der Waals surface area contributed by atoms with Crippen LogP contribution >= 0.6 is 11.8 Å². The van der Waals surface area contributed by atoms with Crippen molar-refractivity contribution >= 4 is 11.8 Å². The SMILES string of the molecule is OC(c1ccccc1C(F)(F)F)C1CCCSC1. The van der Waals surface area contributed by atoms with Gasteiger partial charge in [-0.3, -0.25) is 0 Å². The first-order valence-electron chi connectivity index (χ1n) is 5.92. The lowest BCUT2D eigenvalue weighted by molar-refractivity contribution is -0.139. The smallest absolute Gasteiger partial charge is 0.388 e. The van der Waals surface area contributed by atoms with Crippen LogP contribution < -0.4 is 0 Å². The highest BCUT2D eigenvalue weighted by Crippen LogP contribution is 2.39. The lowest BCUT2D eigenvalue weighted by atomic mass is 9.90. The highest BCUT2D eigenvalue weighted by molar-refractivity contribution is 7.99. The average molecular weight is 276 g/mol. The number of halogens is 3. The van der Waals surface area contributed by atoms with Gasteiger partial charge in [-0.2, -0.15) is 24.9 Å². The summed E-state index contributed by atoms with van der Waals surface area (Å²) >= 11 is 1.70. The van der Waals surface area contributed by atoms with Gasteiger partial charge in [0.15, 0.2) is 0 Å². The molecule has 0 saturated carbocycles. The van der Waals surface area contributed by atoms with Crippen LogP contribution in [0.25, 0.3) is 0 Å². The number of aliphatic hydroxyl groups excluding tert-OH is 1. The second kappa shape index (κ2) is 5.53. The number of rotatable bonds is 2. The molecule has 1 N–H and O–H groups in total. The van der Waals surface area contributed by atoms with E-state index in [-0.39, 0.29) is 11.5 Å². The molecule has 1 heterocycles. The van der Waals surface area contributed by atoms with Gasteiger partial charge in [-0.1, -0.05) is 18.2 Å². The largest absolute Gasteiger partial charge is 0.416 e. The molecule has 18 heavy (non-hydrogen) atoms. The number of hydrogen-bond donors (Lipinski definition) is 1. The molecule has 0 amide bonds. The highest BCUT2D eigenvalue weighted by atomic mass is 32.2. The zero-order valence-corrected chi connectivity index (χ0v) is 10.6. The fraction of sp³-hybridized carbons (Fsp3) is 0.538. The first-order chi connectivity index (χ1) is 8.50. The van der Waals surface area contributed by atoms with E-state index in [1.54, 1.807) is 17.8 Å². The maximum atomic E-state index is 12.9. The summed E-state index contributed by atoms with van der Waals surface area (Å²) in [5.74, 6) is 1.68. The quantitative estimate of drug-likeness (QED) is 0.884. The Bertz CT molecular complexity index is 399. The maximum Gasteiger partial charge on any atom is 0.416 e. The second-order valence-electron chi connectivity index (χ2n) is 4.51. The minimum absolute atomic E-state index is 0.0116. The van der Waals surface area contributed by atoms with Crippen molar-refractivity contribution in [2.45, 2.75) is 25.1 Å². The van der Waals surface area contributed by atoms with E-state index in [9.17, 15) is 18.3 Å². The molecule has 5 heteroatoms. The summed E-state index contributed by atoms with van der Waals surface area (Å²) in [5, 5.41) is 10.2. The van der Waals surface area contributed by atoms with E-state index < -0.39 is 17.8 Å². The van der Waals surface area contributed by atoms with Crippen molar-refractivity contribution in [1.29, 1.82) is 0 Å². The van der Waals surface area contributed by atoms with Crippen molar-refractivity contribution in [3.8, 4) is 0 Å². The Balaban J connectivity index is 2.26. The van der Waals surface area contributed by atoms with Crippen molar-refractivity contribution in [1.82, 2.24) is 0 Å². The zero-order chi connectivity index (χ0) is 13.2. The van der Waals surface area contributed by atoms with Crippen molar-refractivity contribution in [2.75, 3.05) is 11.5 Å². The number of hydrogen-bond acceptors (Lipinski definition) is 2. The number of benzene rings is 1. The minimum Gasteiger partial charge on any atom is -0.388 e. The Morgan fingerprint density at radius 2 is 2.00 bits per heavy atom. The summed E-state index contributed by atoms with van der Waals surface area (Å²) in [6.07, 6.45) is -3.67. The molecule has 2 unspecified atom stereocenters. The molecule has 1 aliphatic heterocycles. The highest BCUT2D eigenvalue weighted by Gasteiger charge is 2.36. The molecule has 1 fully saturated rings. The van der Waals surface area contributed by atoms with Crippen molar-refractivity contribution in [3.63, 3.8) is 0 Å². The molecule has 0 aromatic heterocycles. The molecule has 1 aromatic carbocycles. The van der Waals surface area contributed by atoms with E-state index in [4.69, 9.17) is 0 Å². The molecule has 2 atom stereocenters. The first kappa shape index (κ1) is 13.7. The van der Waals surface area contributed by atoms with E-state index in [1.165, 1.54) is 12.1 Å². The topological polar surface area (TPSA) is 20.2 Å². The lowest BCUT2D eigenvalue weighted by Gasteiger charge is -2.28. The molecule has 1 aromatic rings. The standard InChI is InChI=1S/C13H15F3OS/c14-13(15,16)11-6-2-1-5-10(11)12(17)9-4-3-7-18-8-9/h1-2,5-6,9,12,17H,3-4,7-8H2. The molecule has 0 bridgehead atoms. The Morgan fingerprint density at radius 1 is 1.28 bits per heavy atom. The van der Waals surface area contributed by atoms with Crippen LogP contribution in [0.15, 0.2) is 24.3 Å². The summed E-state index contributed by atoms with van der Waals surface area (Å²) in [4.78, 5) is 0. The van der Waals surface area contributed by atoms with Gasteiger partial charge in [0, 0.05) is 0 Å². The molecular formula is C13H15F3OS. The third kappa shape index (κ3) is 3.01. The predicted octanol–water partition coefficient (Wildman–Crippen LogP) is 3.88. The van der Waals surface area contributed by atoms with E-state index in [0.29, 0.717) is 0 Å². The molecule has 1 nitrogen and oxygen atoms in total. The van der Waals surface area contributed by atoms with Gasteiger partial charge in [0.25, 0.3) is 0 Å². The molecule has 0 radical (unpaired) electrons. The van der Waals surface area contributed by atoms with Gasteiger partial charge in [0.1, 0.15) is 0 Å². The summed E-state index contributed by atoms with van der Waals surface area (Å²) in [6, 6.07) is 5.32. The van der Waals surface area contributed by atoms with Crippen molar-refractivity contribution < 1.29 is 18.3 Å². The third-order valence-corrected chi connectivity index (χ3v) is 4.47. The Kier molecular flexibility index (Phi) is 4.22. The molecule has 100 valence electrons. The van der Waals surface area contributed by atoms with Gasteiger partial charge < -0.3 is 5.11 Å². The van der Waals surface area contributed by atoms with E-state index in [1.807, 2.05) is 0 Å². The molecule has 0 spiro atoms. The Morgan fingerprint density at radius 3 is 2.61 bits per heavy atom. The van der Waals surface area contributed by atoms with E-state index >= 15 is 0 Å². The van der Waals surface area contributed by atoms with Gasteiger partial charge in [-0.05, 0) is 41.9 Å².